The van der Waals surface area contributed by atoms with E-state index in [2.05, 4.69) is 10.4 Å². The molecule has 0 unspecified atom stereocenters. The van der Waals surface area contributed by atoms with Gasteiger partial charge in [0, 0.05) is 16.8 Å². The van der Waals surface area contributed by atoms with Crippen LogP contribution in [0.15, 0.2) is 29.1 Å². The van der Waals surface area contributed by atoms with Crippen LogP contribution in [0.2, 0.25) is 5.02 Å². The maximum Gasteiger partial charge on any atom is 0.267 e. The minimum Gasteiger partial charge on any atom is -0.324 e. The molecule has 126 valence electrons. The first-order valence-corrected chi connectivity index (χ1v) is 8.57. The van der Waals surface area contributed by atoms with Crippen molar-refractivity contribution in [3.8, 4) is 0 Å². The van der Waals surface area contributed by atoms with Crippen LogP contribution in [0.5, 0.6) is 0 Å². The number of halogens is 1. The number of nitrogens with one attached hydrogen (secondary N) is 1. The molecular formula is C18H20ClN3O2. The third-order valence-electron chi connectivity index (χ3n) is 4.36. The Balaban J connectivity index is 1.78. The number of carbonyl (C=O) groups is 1. The second kappa shape index (κ2) is 7.18. The molecule has 0 bridgehead atoms. The number of benzene rings is 1. The second-order valence-corrected chi connectivity index (χ2v) is 6.54. The highest BCUT2D eigenvalue weighted by molar-refractivity contribution is 6.31. The average Bonchev–Trinajstić information content (AvgIpc) is 2.77. The molecule has 0 radical (unpaired) electrons. The zero-order valence-electron chi connectivity index (χ0n) is 13.6. The van der Waals surface area contributed by atoms with E-state index in [-0.39, 0.29) is 18.0 Å². The molecule has 0 atom stereocenters. The number of hydrogen-bond acceptors (Lipinski definition) is 3. The maximum atomic E-state index is 12.3. The van der Waals surface area contributed by atoms with Gasteiger partial charge in [-0.15, -0.1) is 0 Å². The van der Waals surface area contributed by atoms with Gasteiger partial charge >= 0.3 is 0 Å². The van der Waals surface area contributed by atoms with Crippen molar-refractivity contribution in [2.45, 2.75) is 45.6 Å². The fourth-order valence-corrected chi connectivity index (χ4v) is 3.13. The SMILES string of the molecule is Cc1c(Cl)cccc1NC(=O)Cn1nc2c(cc1=O)CCCCC2. The fourth-order valence-electron chi connectivity index (χ4n) is 2.96. The third-order valence-corrected chi connectivity index (χ3v) is 4.77. The Morgan fingerprint density at radius 1 is 1.29 bits per heavy atom. The summed E-state index contributed by atoms with van der Waals surface area (Å²) in [5.74, 6) is -0.288. The van der Waals surface area contributed by atoms with Gasteiger partial charge in [0.25, 0.3) is 5.56 Å². The van der Waals surface area contributed by atoms with Crippen molar-refractivity contribution in [3.63, 3.8) is 0 Å². The van der Waals surface area contributed by atoms with E-state index in [0.29, 0.717) is 10.7 Å². The Hall–Kier alpha value is -2.14. The van der Waals surface area contributed by atoms with Crippen LogP contribution in [0.25, 0.3) is 0 Å². The molecule has 24 heavy (non-hydrogen) atoms. The number of aryl methyl sites for hydroxylation is 2. The molecular weight excluding hydrogens is 326 g/mol. The quantitative estimate of drug-likeness (QED) is 0.869. The molecule has 1 aromatic heterocycles. The molecule has 1 heterocycles. The average molecular weight is 346 g/mol. The molecule has 0 saturated heterocycles. The molecule has 1 aliphatic rings. The molecule has 1 aromatic carbocycles. The van der Waals surface area contributed by atoms with Gasteiger partial charge in [0.2, 0.25) is 5.91 Å². The summed E-state index contributed by atoms with van der Waals surface area (Å²) < 4.78 is 1.25. The molecule has 1 N–H and O–H groups in total. The van der Waals surface area contributed by atoms with Crippen LogP contribution in [0.4, 0.5) is 5.69 Å². The second-order valence-electron chi connectivity index (χ2n) is 6.13. The zero-order chi connectivity index (χ0) is 17.1. The van der Waals surface area contributed by atoms with Crippen molar-refractivity contribution in [1.82, 2.24) is 9.78 Å². The predicted octanol–water partition coefficient (Wildman–Crippen LogP) is 3.11. The smallest absolute Gasteiger partial charge is 0.267 e. The topological polar surface area (TPSA) is 64.0 Å². The van der Waals surface area contributed by atoms with Gasteiger partial charge in [-0.3, -0.25) is 9.59 Å². The summed E-state index contributed by atoms with van der Waals surface area (Å²) in [7, 11) is 0. The van der Waals surface area contributed by atoms with Crippen molar-refractivity contribution >= 4 is 23.2 Å². The standard InChI is InChI=1S/C18H20ClN3O2/c1-12-14(19)7-5-9-15(12)20-17(23)11-22-18(24)10-13-6-3-2-4-8-16(13)21-22/h5,7,9-10H,2-4,6,8,11H2,1H3,(H,20,23). The minimum atomic E-state index is -0.288. The Labute approximate surface area is 145 Å². The van der Waals surface area contributed by atoms with E-state index in [0.717, 1.165) is 48.9 Å². The number of aromatic nitrogens is 2. The van der Waals surface area contributed by atoms with Crippen LogP contribution in [-0.2, 0) is 24.2 Å². The summed E-state index contributed by atoms with van der Waals surface area (Å²) >= 11 is 6.06. The van der Waals surface area contributed by atoms with E-state index in [9.17, 15) is 9.59 Å². The maximum absolute atomic E-state index is 12.3. The highest BCUT2D eigenvalue weighted by Gasteiger charge is 2.14. The number of hydrogen-bond donors (Lipinski definition) is 1. The van der Waals surface area contributed by atoms with E-state index >= 15 is 0 Å². The van der Waals surface area contributed by atoms with E-state index in [1.54, 1.807) is 24.3 Å². The highest BCUT2D eigenvalue weighted by Crippen LogP contribution is 2.23. The van der Waals surface area contributed by atoms with Crippen molar-refractivity contribution < 1.29 is 4.79 Å². The van der Waals surface area contributed by atoms with Gasteiger partial charge in [0.1, 0.15) is 6.54 Å². The number of carbonyl (C=O) groups excluding carboxylic acids is 1. The first-order chi connectivity index (χ1) is 11.5. The molecule has 0 spiro atoms. The third kappa shape index (κ3) is 3.67. The normalized spacial score (nSPS) is 13.9. The minimum absolute atomic E-state index is 0.0991. The van der Waals surface area contributed by atoms with Crippen LogP contribution in [0, 0.1) is 6.92 Å². The molecule has 1 aliphatic carbocycles. The first kappa shape index (κ1) is 16.7. The van der Waals surface area contributed by atoms with Crippen molar-refractivity contribution in [1.29, 1.82) is 0 Å². The van der Waals surface area contributed by atoms with Crippen LogP contribution in [-0.4, -0.2) is 15.7 Å². The Kier molecular flexibility index (Phi) is 5.00. The van der Waals surface area contributed by atoms with Crippen LogP contribution in [0.1, 0.15) is 36.1 Å². The Bertz CT molecular complexity index is 829. The molecule has 0 saturated carbocycles. The number of amides is 1. The zero-order valence-corrected chi connectivity index (χ0v) is 14.4. The molecule has 2 aromatic rings. The molecule has 3 rings (SSSR count). The summed E-state index contributed by atoms with van der Waals surface area (Å²) in [5, 5.41) is 7.80. The van der Waals surface area contributed by atoms with Crippen molar-refractivity contribution in [2.24, 2.45) is 0 Å². The lowest BCUT2D eigenvalue weighted by Gasteiger charge is -2.12. The summed E-state index contributed by atoms with van der Waals surface area (Å²) in [6, 6.07) is 6.96. The van der Waals surface area contributed by atoms with Gasteiger partial charge in [-0.1, -0.05) is 24.1 Å². The molecule has 0 fully saturated rings. The lowest BCUT2D eigenvalue weighted by atomic mass is 10.1. The lowest BCUT2D eigenvalue weighted by Crippen LogP contribution is -2.31. The highest BCUT2D eigenvalue weighted by atomic mass is 35.5. The van der Waals surface area contributed by atoms with Gasteiger partial charge in [-0.2, -0.15) is 5.10 Å². The monoisotopic (exact) mass is 345 g/mol. The van der Waals surface area contributed by atoms with Gasteiger partial charge in [-0.25, -0.2) is 4.68 Å². The fraction of sp³-hybridized carbons (Fsp3) is 0.389. The van der Waals surface area contributed by atoms with E-state index in [4.69, 9.17) is 11.6 Å². The van der Waals surface area contributed by atoms with E-state index in [1.165, 1.54) is 4.68 Å². The first-order valence-electron chi connectivity index (χ1n) is 8.19. The number of nitrogens with zero attached hydrogens (tertiary/aromatic N) is 2. The van der Waals surface area contributed by atoms with Gasteiger partial charge in [0.05, 0.1) is 5.69 Å². The van der Waals surface area contributed by atoms with Crippen LogP contribution in [0.3, 0.4) is 0 Å². The number of rotatable bonds is 3. The van der Waals surface area contributed by atoms with Gasteiger partial charge < -0.3 is 5.32 Å². The van der Waals surface area contributed by atoms with E-state index < -0.39 is 0 Å². The Morgan fingerprint density at radius 3 is 2.92 bits per heavy atom. The molecule has 0 aliphatic heterocycles. The van der Waals surface area contributed by atoms with Crippen molar-refractivity contribution in [2.75, 3.05) is 5.32 Å². The van der Waals surface area contributed by atoms with Crippen molar-refractivity contribution in [3.05, 3.63) is 56.5 Å². The predicted molar refractivity (Wildman–Crippen MR) is 94.6 cm³/mol. The summed E-state index contributed by atoms with van der Waals surface area (Å²) in [6.45, 7) is 1.74. The van der Waals surface area contributed by atoms with Crippen LogP contribution >= 0.6 is 11.6 Å². The van der Waals surface area contributed by atoms with Gasteiger partial charge in [0.15, 0.2) is 0 Å². The lowest BCUT2D eigenvalue weighted by molar-refractivity contribution is -0.117. The number of fused-ring (bicyclic) bond motifs is 1. The van der Waals surface area contributed by atoms with E-state index in [1.807, 2.05) is 6.92 Å². The Morgan fingerprint density at radius 2 is 2.08 bits per heavy atom. The molecule has 5 nitrogen and oxygen atoms in total. The molecule has 1 amide bonds. The summed E-state index contributed by atoms with van der Waals surface area (Å²) in [4.78, 5) is 24.5. The van der Waals surface area contributed by atoms with Crippen LogP contribution < -0.4 is 10.9 Å². The largest absolute Gasteiger partial charge is 0.324 e. The summed E-state index contributed by atoms with van der Waals surface area (Å²) in [5.41, 5.74) is 3.19. The number of anilines is 1. The summed E-state index contributed by atoms with van der Waals surface area (Å²) in [6.07, 6.45) is 5.08. The van der Waals surface area contributed by atoms with Gasteiger partial charge in [-0.05, 0) is 55.9 Å². The molecule has 6 heteroatoms.